The summed E-state index contributed by atoms with van der Waals surface area (Å²) in [5, 5.41) is 6.54. The number of thiazole rings is 1. The highest BCUT2D eigenvalue weighted by molar-refractivity contribution is 7.13. The van der Waals surface area contributed by atoms with Crippen LogP contribution >= 0.6 is 11.3 Å². The normalized spacial score (nSPS) is 24.4. The number of piperidine rings is 1. The fourth-order valence-electron chi connectivity index (χ4n) is 3.21. The van der Waals surface area contributed by atoms with Gasteiger partial charge in [0.15, 0.2) is 5.13 Å². The van der Waals surface area contributed by atoms with E-state index in [2.05, 4.69) is 32.4 Å². The average molecular weight is 308 g/mol. The van der Waals surface area contributed by atoms with Crippen LogP contribution in [0, 0.1) is 12.8 Å². The first-order valence-corrected chi connectivity index (χ1v) is 8.71. The fourth-order valence-corrected chi connectivity index (χ4v) is 4.06. The zero-order valence-electron chi connectivity index (χ0n) is 12.8. The third kappa shape index (κ3) is 3.21. The highest BCUT2D eigenvalue weighted by Crippen LogP contribution is 2.27. The Kier molecular flexibility index (Phi) is 4.45. The Morgan fingerprint density at radius 2 is 2.14 bits per heavy atom. The molecule has 0 saturated carbocycles. The maximum Gasteiger partial charge on any atom is 0.226 e. The van der Waals surface area contributed by atoms with Gasteiger partial charge < -0.3 is 15.1 Å². The number of aryl methyl sites for hydroxylation is 1. The molecule has 2 saturated heterocycles. The van der Waals surface area contributed by atoms with Gasteiger partial charge in [-0.3, -0.25) is 4.79 Å². The molecular weight excluding hydrogens is 284 g/mol. The molecule has 0 unspecified atom stereocenters. The Morgan fingerprint density at radius 1 is 1.38 bits per heavy atom. The molecule has 2 aliphatic rings. The van der Waals surface area contributed by atoms with Crippen LogP contribution in [0.25, 0.3) is 0 Å². The first-order valence-electron chi connectivity index (χ1n) is 7.83. The van der Waals surface area contributed by atoms with Crippen LogP contribution in [0.1, 0.15) is 25.5 Å². The van der Waals surface area contributed by atoms with Crippen LogP contribution in [0.2, 0.25) is 0 Å². The second-order valence-electron chi connectivity index (χ2n) is 6.12. The molecule has 6 heteroatoms. The summed E-state index contributed by atoms with van der Waals surface area (Å²) in [4.78, 5) is 21.6. The minimum absolute atomic E-state index is 0.197. The number of carbonyl (C=O) groups excluding carboxylic acids is 1. The molecule has 0 bridgehead atoms. The Balaban J connectivity index is 1.56. The summed E-state index contributed by atoms with van der Waals surface area (Å²) in [6.45, 7) is 8.76. The van der Waals surface area contributed by atoms with Crippen LogP contribution < -0.4 is 10.2 Å². The lowest BCUT2D eigenvalue weighted by Crippen LogP contribution is -2.54. The van der Waals surface area contributed by atoms with Crippen molar-refractivity contribution < 1.29 is 4.79 Å². The van der Waals surface area contributed by atoms with Crippen LogP contribution in [0.15, 0.2) is 5.38 Å². The average Bonchev–Trinajstić information content (AvgIpc) is 2.94. The van der Waals surface area contributed by atoms with Gasteiger partial charge in [0.1, 0.15) is 0 Å². The fraction of sp³-hybridized carbons (Fsp3) is 0.733. The lowest BCUT2D eigenvalue weighted by molar-refractivity contribution is -0.139. The Hall–Kier alpha value is -1.14. The maximum absolute atomic E-state index is 12.7. The SMILES string of the molecule is Cc1csc(N2CCC(C(=O)N3CCNC[C@@H]3C)CC2)n1. The van der Waals surface area contributed by atoms with Gasteiger partial charge in [-0.25, -0.2) is 4.98 Å². The molecule has 2 aliphatic heterocycles. The molecule has 0 aliphatic carbocycles. The number of anilines is 1. The van der Waals surface area contributed by atoms with Crippen LogP contribution in [-0.4, -0.2) is 54.6 Å². The molecule has 21 heavy (non-hydrogen) atoms. The van der Waals surface area contributed by atoms with Crippen molar-refractivity contribution in [3.8, 4) is 0 Å². The molecule has 0 aromatic carbocycles. The minimum Gasteiger partial charge on any atom is -0.348 e. The van der Waals surface area contributed by atoms with E-state index in [-0.39, 0.29) is 5.92 Å². The van der Waals surface area contributed by atoms with E-state index >= 15 is 0 Å². The maximum atomic E-state index is 12.7. The largest absolute Gasteiger partial charge is 0.348 e. The summed E-state index contributed by atoms with van der Waals surface area (Å²) in [5.41, 5.74) is 1.09. The molecule has 3 rings (SSSR count). The van der Waals surface area contributed by atoms with Crippen LogP contribution in [0.3, 0.4) is 0 Å². The van der Waals surface area contributed by atoms with E-state index in [4.69, 9.17) is 0 Å². The van der Waals surface area contributed by atoms with Gasteiger partial charge in [-0.15, -0.1) is 11.3 Å². The molecule has 0 radical (unpaired) electrons. The second kappa shape index (κ2) is 6.32. The molecule has 1 atom stereocenters. The molecule has 1 N–H and O–H groups in total. The number of hydrogen-bond donors (Lipinski definition) is 1. The van der Waals surface area contributed by atoms with Gasteiger partial charge in [-0.2, -0.15) is 0 Å². The molecule has 116 valence electrons. The smallest absolute Gasteiger partial charge is 0.226 e. The predicted molar refractivity (Wildman–Crippen MR) is 85.8 cm³/mol. The Morgan fingerprint density at radius 3 is 2.76 bits per heavy atom. The van der Waals surface area contributed by atoms with E-state index < -0.39 is 0 Å². The highest BCUT2D eigenvalue weighted by atomic mass is 32.1. The molecule has 3 heterocycles. The number of amides is 1. The van der Waals surface area contributed by atoms with E-state index in [1.54, 1.807) is 11.3 Å². The van der Waals surface area contributed by atoms with E-state index in [1.807, 2.05) is 6.92 Å². The topological polar surface area (TPSA) is 48.5 Å². The summed E-state index contributed by atoms with van der Waals surface area (Å²) < 4.78 is 0. The number of rotatable bonds is 2. The van der Waals surface area contributed by atoms with Gasteiger partial charge >= 0.3 is 0 Å². The lowest BCUT2D eigenvalue weighted by Gasteiger charge is -2.39. The van der Waals surface area contributed by atoms with Crippen molar-refractivity contribution in [3.63, 3.8) is 0 Å². The molecule has 1 aromatic rings. The van der Waals surface area contributed by atoms with Crippen molar-refractivity contribution in [3.05, 3.63) is 11.1 Å². The van der Waals surface area contributed by atoms with E-state index in [0.29, 0.717) is 11.9 Å². The van der Waals surface area contributed by atoms with Crippen LogP contribution in [-0.2, 0) is 4.79 Å². The third-order valence-corrected chi connectivity index (χ3v) is 5.53. The van der Waals surface area contributed by atoms with E-state index in [1.165, 1.54) is 0 Å². The monoisotopic (exact) mass is 308 g/mol. The summed E-state index contributed by atoms with van der Waals surface area (Å²) >= 11 is 1.71. The standard InChI is InChI=1S/C15H24N4OS/c1-11-10-21-15(17-11)18-6-3-13(4-7-18)14(20)19-8-5-16-9-12(19)2/h10,12-13,16H,3-9H2,1-2H3/t12-/m0/s1. The van der Waals surface area contributed by atoms with Crippen molar-refractivity contribution in [2.75, 3.05) is 37.6 Å². The minimum atomic E-state index is 0.197. The Bertz CT molecular complexity index is 496. The number of nitrogens with zero attached hydrogens (tertiary/aromatic N) is 3. The second-order valence-corrected chi connectivity index (χ2v) is 6.95. The van der Waals surface area contributed by atoms with Gasteiger partial charge in [-0.05, 0) is 26.7 Å². The number of aromatic nitrogens is 1. The number of hydrogen-bond acceptors (Lipinski definition) is 5. The molecule has 1 aromatic heterocycles. The van der Waals surface area contributed by atoms with E-state index in [0.717, 1.165) is 56.4 Å². The number of carbonyl (C=O) groups is 1. The molecule has 5 nitrogen and oxygen atoms in total. The van der Waals surface area contributed by atoms with Gasteiger partial charge in [0.2, 0.25) is 5.91 Å². The number of nitrogens with one attached hydrogen (secondary N) is 1. The first kappa shape index (κ1) is 14.8. The third-order valence-electron chi connectivity index (χ3n) is 4.51. The summed E-state index contributed by atoms with van der Waals surface area (Å²) in [6, 6.07) is 0.325. The van der Waals surface area contributed by atoms with Crippen molar-refractivity contribution in [2.45, 2.75) is 32.7 Å². The van der Waals surface area contributed by atoms with Crippen molar-refractivity contribution in [1.82, 2.24) is 15.2 Å². The van der Waals surface area contributed by atoms with Gasteiger partial charge in [0.05, 0.1) is 5.69 Å². The molecule has 2 fully saturated rings. The van der Waals surface area contributed by atoms with Gasteiger partial charge in [-0.1, -0.05) is 0 Å². The predicted octanol–water partition coefficient (Wildman–Crippen LogP) is 1.49. The van der Waals surface area contributed by atoms with Crippen molar-refractivity contribution in [2.24, 2.45) is 5.92 Å². The van der Waals surface area contributed by atoms with Gasteiger partial charge in [0, 0.05) is 50.1 Å². The van der Waals surface area contributed by atoms with Gasteiger partial charge in [0.25, 0.3) is 0 Å². The molecular formula is C15H24N4OS. The Labute approximate surface area is 130 Å². The molecule has 1 amide bonds. The quantitative estimate of drug-likeness (QED) is 0.899. The molecule has 0 spiro atoms. The lowest BCUT2D eigenvalue weighted by atomic mass is 9.94. The zero-order chi connectivity index (χ0) is 14.8. The highest BCUT2D eigenvalue weighted by Gasteiger charge is 2.32. The van der Waals surface area contributed by atoms with Crippen LogP contribution in [0.4, 0.5) is 5.13 Å². The number of piperazine rings is 1. The van der Waals surface area contributed by atoms with Crippen molar-refractivity contribution in [1.29, 1.82) is 0 Å². The van der Waals surface area contributed by atoms with Crippen LogP contribution in [0.5, 0.6) is 0 Å². The summed E-state index contributed by atoms with van der Waals surface area (Å²) in [7, 11) is 0. The zero-order valence-corrected chi connectivity index (χ0v) is 13.7. The van der Waals surface area contributed by atoms with E-state index in [9.17, 15) is 4.79 Å². The summed E-state index contributed by atoms with van der Waals surface area (Å²) in [5.74, 6) is 0.557. The first-order chi connectivity index (χ1) is 10.1. The summed E-state index contributed by atoms with van der Waals surface area (Å²) in [6.07, 6.45) is 1.90. The van der Waals surface area contributed by atoms with Crippen molar-refractivity contribution >= 4 is 22.4 Å².